The minimum Gasteiger partial charge on any atom is -0.493 e. The van der Waals surface area contributed by atoms with E-state index in [1.165, 1.54) is 44.6 Å². The first kappa shape index (κ1) is 26.4. The molecule has 37 heavy (non-hydrogen) atoms. The molecule has 3 aromatic carbocycles. The lowest BCUT2D eigenvalue weighted by atomic mass is 10.1. The zero-order valence-electron chi connectivity index (χ0n) is 20.6. The predicted octanol–water partition coefficient (Wildman–Crippen LogP) is 4.20. The van der Waals surface area contributed by atoms with Crippen molar-refractivity contribution in [1.82, 2.24) is 5.32 Å². The highest BCUT2D eigenvalue weighted by atomic mass is 35.5. The van der Waals surface area contributed by atoms with Gasteiger partial charge in [-0.05, 0) is 61.0 Å². The molecule has 4 rings (SSSR count). The predicted molar refractivity (Wildman–Crippen MR) is 140 cm³/mol. The van der Waals surface area contributed by atoms with E-state index in [2.05, 4.69) is 5.32 Å². The molecule has 1 heterocycles. The van der Waals surface area contributed by atoms with E-state index in [1.807, 2.05) is 6.07 Å². The number of nitrogens with one attached hydrogen (secondary N) is 1. The van der Waals surface area contributed by atoms with Crippen molar-refractivity contribution in [3.8, 4) is 23.0 Å². The van der Waals surface area contributed by atoms with Crippen LogP contribution in [0.5, 0.6) is 23.0 Å². The fraction of sp³-hybridized carbons (Fsp3) is 0.269. The fourth-order valence-electron chi connectivity index (χ4n) is 3.86. The highest BCUT2D eigenvalue weighted by Gasteiger charge is 2.29. The molecule has 0 fully saturated rings. The Morgan fingerprint density at radius 3 is 2.32 bits per heavy atom. The number of ether oxygens (including phenoxy) is 4. The summed E-state index contributed by atoms with van der Waals surface area (Å²) in [4.78, 5) is 13.1. The van der Waals surface area contributed by atoms with Gasteiger partial charge in [-0.2, -0.15) is 0 Å². The quantitative estimate of drug-likeness (QED) is 0.429. The number of methoxy groups -OCH3 is 2. The molecule has 1 N–H and O–H groups in total. The lowest BCUT2D eigenvalue weighted by Gasteiger charge is -2.26. The van der Waals surface area contributed by atoms with E-state index < -0.39 is 28.5 Å². The van der Waals surface area contributed by atoms with Crippen molar-refractivity contribution in [3.05, 3.63) is 71.2 Å². The Morgan fingerprint density at radius 1 is 0.973 bits per heavy atom. The third kappa shape index (κ3) is 5.86. The van der Waals surface area contributed by atoms with Gasteiger partial charge in [0.05, 0.1) is 30.8 Å². The van der Waals surface area contributed by atoms with Crippen LogP contribution in [0, 0.1) is 0 Å². The number of carbonyl (C=O) groups excluding carboxylic acids is 1. The van der Waals surface area contributed by atoms with Crippen molar-refractivity contribution in [3.63, 3.8) is 0 Å². The number of fused-ring (bicyclic) bond motifs is 1. The molecule has 196 valence electrons. The Kier molecular flexibility index (Phi) is 7.99. The molecular weight excluding hydrogens is 520 g/mol. The first-order valence-corrected chi connectivity index (χ1v) is 13.2. The van der Waals surface area contributed by atoms with Gasteiger partial charge in [-0.15, -0.1) is 0 Å². The van der Waals surface area contributed by atoms with Gasteiger partial charge in [0, 0.05) is 11.1 Å². The molecule has 0 aliphatic carbocycles. The van der Waals surface area contributed by atoms with Crippen LogP contribution in [0.4, 0.5) is 5.69 Å². The van der Waals surface area contributed by atoms with Gasteiger partial charge < -0.3 is 24.3 Å². The highest BCUT2D eigenvalue weighted by Crippen LogP contribution is 2.34. The van der Waals surface area contributed by atoms with Gasteiger partial charge in [0.25, 0.3) is 10.0 Å². The normalized spacial score (nSPS) is 13.4. The van der Waals surface area contributed by atoms with Crippen LogP contribution in [0.1, 0.15) is 18.5 Å². The number of hydrogen-bond donors (Lipinski definition) is 1. The van der Waals surface area contributed by atoms with Gasteiger partial charge in [0.2, 0.25) is 5.91 Å². The van der Waals surface area contributed by atoms with Gasteiger partial charge in [-0.3, -0.25) is 9.10 Å². The van der Waals surface area contributed by atoms with E-state index >= 15 is 0 Å². The van der Waals surface area contributed by atoms with E-state index in [-0.39, 0.29) is 16.3 Å². The summed E-state index contributed by atoms with van der Waals surface area (Å²) < 4.78 is 50.1. The standard InChI is InChI=1S/C26H27ClN2O7S/c1-17(18-4-10-23-25(14-18)36-13-12-35-23)28-26(30)16-29(20-7-5-19(27)6-8-20)37(31,32)21-9-11-22(33-2)24(15-21)34-3/h4-11,14-15,17H,12-13,16H2,1-3H3,(H,28,30). The lowest BCUT2D eigenvalue weighted by molar-refractivity contribution is -0.120. The fourth-order valence-corrected chi connectivity index (χ4v) is 5.42. The summed E-state index contributed by atoms with van der Waals surface area (Å²) >= 11 is 6.02. The van der Waals surface area contributed by atoms with Gasteiger partial charge in [-0.1, -0.05) is 17.7 Å². The summed E-state index contributed by atoms with van der Waals surface area (Å²) in [5.74, 6) is 1.37. The Labute approximate surface area is 220 Å². The molecule has 1 amide bonds. The number of sulfonamides is 1. The second kappa shape index (κ2) is 11.2. The number of amides is 1. The Morgan fingerprint density at radius 2 is 1.65 bits per heavy atom. The molecular formula is C26H27ClN2O7S. The monoisotopic (exact) mass is 546 g/mol. The Bertz CT molecular complexity index is 1380. The van der Waals surface area contributed by atoms with E-state index in [0.717, 1.165) is 9.87 Å². The maximum atomic E-state index is 13.7. The molecule has 0 saturated heterocycles. The van der Waals surface area contributed by atoms with Crippen molar-refractivity contribution in [2.75, 3.05) is 38.3 Å². The number of hydrogen-bond acceptors (Lipinski definition) is 7. The molecule has 1 unspecified atom stereocenters. The third-order valence-corrected chi connectivity index (χ3v) is 7.81. The summed E-state index contributed by atoms with van der Waals surface area (Å²) in [6.45, 7) is 2.26. The van der Waals surface area contributed by atoms with Crippen molar-refractivity contribution in [2.24, 2.45) is 0 Å². The number of rotatable bonds is 9. The van der Waals surface area contributed by atoms with Crippen LogP contribution in [0.2, 0.25) is 5.02 Å². The van der Waals surface area contributed by atoms with E-state index in [1.54, 1.807) is 31.2 Å². The maximum absolute atomic E-state index is 13.7. The van der Waals surface area contributed by atoms with Crippen LogP contribution < -0.4 is 28.6 Å². The molecule has 1 atom stereocenters. The van der Waals surface area contributed by atoms with Crippen LogP contribution in [0.3, 0.4) is 0 Å². The molecule has 1 aliphatic rings. The van der Waals surface area contributed by atoms with Gasteiger partial charge >= 0.3 is 0 Å². The van der Waals surface area contributed by atoms with Crippen LogP contribution in [-0.4, -0.2) is 48.3 Å². The molecule has 0 saturated carbocycles. The molecule has 0 radical (unpaired) electrons. The number of nitrogens with zero attached hydrogens (tertiary/aromatic N) is 1. The van der Waals surface area contributed by atoms with Crippen LogP contribution >= 0.6 is 11.6 Å². The second-order valence-electron chi connectivity index (χ2n) is 8.20. The van der Waals surface area contributed by atoms with Gasteiger partial charge in [0.15, 0.2) is 23.0 Å². The topological polar surface area (TPSA) is 103 Å². The smallest absolute Gasteiger partial charge is 0.264 e. The summed E-state index contributed by atoms with van der Waals surface area (Å²) in [6, 6.07) is 15.4. The Balaban J connectivity index is 1.60. The van der Waals surface area contributed by atoms with Gasteiger partial charge in [-0.25, -0.2) is 8.42 Å². The highest BCUT2D eigenvalue weighted by molar-refractivity contribution is 7.92. The minimum atomic E-state index is -4.17. The van der Waals surface area contributed by atoms with Crippen molar-refractivity contribution in [1.29, 1.82) is 0 Å². The van der Waals surface area contributed by atoms with Crippen LogP contribution in [0.15, 0.2) is 65.6 Å². The van der Waals surface area contributed by atoms with Crippen molar-refractivity contribution < 1.29 is 32.2 Å². The molecule has 0 bridgehead atoms. The molecule has 3 aromatic rings. The third-order valence-electron chi connectivity index (χ3n) is 5.79. The Hall–Kier alpha value is -3.63. The summed E-state index contributed by atoms with van der Waals surface area (Å²) in [6.07, 6.45) is 0. The number of benzene rings is 3. The van der Waals surface area contributed by atoms with E-state index in [0.29, 0.717) is 35.5 Å². The number of anilines is 1. The molecule has 0 aromatic heterocycles. The van der Waals surface area contributed by atoms with Crippen LogP contribution in [0.25, 0.3) is 0 Å². The lowest BCUT2D eigenvalue weighted by Crippen LogP contribution is -2.41. The SMILES string of the molecule is COc1ccc(S(=O)(=O)N(CC(=O)NC(C)c2ccc3c(c2)OCCO3)c2ccc(Cl)cc2)cc1OC. The zero-order valence-corrected chi connectivity index (χ0v) is 22.1. The molecule has 1 aliphatic heterocycles. The zero-order chi connectivity index (χ0) is 26.6. The largest absolute Gasteiger partial charge is 0.493 e. The summed E-state index contributed by atoms with van der Waals surface area (Å²) in [7, 11) is -1.30. The van der Waals surface area contributed by atoms with Crippen molar-refractivity contribution in [2.45, 2.75) is 17.9 Å². The second-order valence-corrected chi connectivity index (χ2v) is 10.5. The van der Waals surface area contributed by atoms with Gasteiger partial charge in [0.1, 0.15) is 19.8 Å². The first-order chi connectivity index (χ1) is 17.7. The number of carbonyl (C=O) groups is 1. The molecule has 9 nitrogen and oxygen atoms in total. The summed E-state index contributed by atoms with van der Waals surface area (Å²) in [5, 5.41) is 3.30. The van der Waals surface area contributed by atoms with Crippen LogP contribution in [-0.2, 0) is 14.8 Å². The summed E-state index contributed by atoms with van der Waals surface area (Å²) in [5.41, 5.74) is 1.07. The number of halogens is 1. The molecule has 11 heteroatoms. The maximum Gasteiger partial charge on any atom is 0.264 e. The van der Waals surface area contributed by atoms with E-state index in [9.17, 15) is 13.2 Å². The average Bonchev–Trinajstić information content (AvgIpc) is 2.91. The first-order valence-electron chi connectivity index (χ1n) is 11.4. The average molecular weight is 547 g/mol. The van der Waals surface area contributed by atoms with E-state index in [4.69, 9.17) is 30.5 Å². The molecule has 0 spiro atoms. The van der Waals surface area contributed by atoms with Crippen molar-refractivity contribution >= 4 is 33.2 Å². The minimum absolute atomic E-state index is 0.0622.